The molecule has 3 heteroatoms. The summed E-state index contributed by atoms with van der Waals surface area (Å²) in [6, 6.07) is 8.84. The van der Waals surface area contributed by atoms with E-state index in [1.165, 1.54) is 34.9 Å². The molecule has 35 heavy (non-hydrogen) atoms. The third kappa shape index (κ3) is 3.53. The summed E-state index contributed by atoms with van der Waals surface area (Å²) in [7, 11) is 2.11. The first-order valence-corrected chi connectivity index (χ1v) is 13.4. The molecular weight excluding hydrogens is 428 g/mol. The number of hydrogen-bond acceptors (Lipinski definition) is 2. The number of nitrogens with zero attached hydrogens (tertiary/aromatic N) is 2. The third-order valence-corrected chi connectivity index (χ3v) is 8.91. The van der Waals surface area contributed by atoms with Crippen LogP contribution in [0.5, 0.6) is 0 Å². The second-order valence-corrected chi connectivity index (χ2v) is 12.3. The Hall–Kier alpha value is -2.68. The monoisotopic (exact) mass is 468 g/mol. The second kappa shape index (κ2) is 7.91. The van der Waals surface area contributed by atoms with E-state index in [-0.39, 0.29) is 10.8 Å². The average molecular weight is 469 g/mol. The van der Waals surface area contributed by atoms with E-state index in [1.54, 1.807) is 0 Å². The Morgan fingerprint density at radius 2 is 1.74 bits per heavy atom. The van der Waals surface area contributed by atoms with Crippen molar-refractivity contribution in [2.75, 3.05) is 0 Å². The van der Waals surface area contributed by atoms with E-state index in [0.717, 1.165) is 65.6 Å². The fraction of sp³-hybridized carbons (Fsp3) is 0.500. The predicted molar refractivity (Wildman–Crippen MR) is 144 cm³/mol. The maximum Gasteiger partial charge on any atom is 0.227 e. The second-order valence-electron chi connectivity index (χ2n) is 12.3. The first-order valence-electron chi connectivity index (χ1n) is 13.9. The van der Waals surface area contributed by atoms with Crippen LogP contribution in [0.2, 0.25) is 0 Å². The SMILES string of the molecule is [2H]C1(c2ccc(-c3c(C)ccc4c3oc3ncc5c(c34)C(C)(C)CCC5(C)C)[n+](C)c2)CCCCC1. The maximum absolute atomic E-state index is 9.10. The van der Waals surface area contributed by atoms with Gasteiger partial charge in [0.15, 0.2) is 11.8 Å². The summed E-state index contributed by atoms with van der Waals surface area (Å²) in [6.45, 7) is 11.6. The van der Waals surface area contributed by atoms with Gasteiger partial charge in [0.2, 0.25) is 11.4 Å². The van der Waals surface area contributed by atoms with E-state index in [1.807, 2.05) is 0 Å². The normalized spacial score (nSPS) is 21.1. The number of hydrogen-bond donors (Lipinski definition) is 0. The molecule has 0 bridgehead atoms. The van der Waals surface area contributed by atoms with Crippen LogP contribution >= 0.6 is 0 Å². The van der Waals surface area contributed by atoms with Gasteiger partial charge in [-0.25, -0.2) is 9.55 Å². The molecule has 0 atom stereocenters. The predicted octanol–water partition coefficient (Wildman–Crippen LogP) is 8.18. The summed E-state index contributed by atoms with van der Waals surface area (Å²) < 4.78 is 17.9. The Morgan fingerprint density at radius 3 is 2.49 bits per heavy atom. The van der Waals surface area contributed by atoms with Crippen LogP contribution in [0, 0.1) is 6.92 Å². The van der Waals surface area contributed by atoms with Crippen LogP contribution in [0.1, 0.15) is 102 Å². The molecule has 1 fully saturated rings. The van der Waals surface area contributed by atoms with Crippen LogP contribution in [-0.4, -0.2) is 4.98 Å². The third-order valence-electron chi connectivity index (χ3n) is 8.91. The average Bonchev–Trinajstić information content (AvgIpc) is 3.21. The van der Waals surface area contributed by atoms with Crippen molar-refractivity contribution in [3.63, 3.8) is 0 Å². The van der Waals surface area contributed by atoms with Gasteiger partial charge in [0.25, 0.3) is 0 Å². The first-order chi connectivity index (χ1) is 17.0. The molecule has 0 aliphatic heterocycles. The van der Waals surface area contributed by atoms with Crippen molar-refractivity contribution in [2.24, 2.45) is 7.05 Å². The van der Waals surface area contributed by atoms with E-state index in [9.17, 15) is 0 Å². The maximum atomic E-state index is 9.10. The highest BCUT2D eigenvalue weighted by atomic mass is 16.3. The lowest BCUT2D eigenvalue weighted by Gasteiger charge is -2.41. The minimum atomic E-state index is -0.462. The van der Waals surface area contributed by atoms with Gasteiger partial charge in [0.05, 0.1) is 10.9 Å². The topological polar surface area (TPSA) is 29.9 Å². The van der Waals surface area contributed by atoms with Crippen molar-refractivity contribution in [1.82, 2.24) is 4.98 Å². The highest BCUT2D eigenvalue weighted by Gasteiger charge is 2.40. The number of pyridine rings is 2. The number of fused-ring (bicyclic) bond motifs is 5. The molecule has 2 aliphatic rings. The Bertz CT molecular complexity index is 1500. The van der Waals surface area contributed by atoms with Gasteiger partial charge in [-0.05, 0) is 72.1 Å². The van der Waals surface area contributed by atoms with Crippen LogP contribution < -0.4 is 4.57 Å². The lowest BCUT2D eigenvalue weighted by molar-refractivity contribution is -0.660. The summed E-state index contributed by atoms with van der Waals surface area (Å²) in [4.78, 5) is 4.87. The Balaban J connectivity index is 1.58. The quantitative estimate of drug-likeness (QED) is 0.278. The summed E-state index contributed by atoms with van der Waals surface area (Å²) in [5.41, 5.74) is 9.18. The number of furan rings is 1. The highest BCUT2D eigenvalue weighted by molar-refractivity contribution is 6.11. The van der Waals surface area contributed by atoms with Crippen molar-refractivity contribution < 1.29 is 10.4 Å². The molecule has 3 aromatic heterocycles. The number of rotatable bonds is 2. The van der Waals surface area contributed by atoms with Gasteiger partial charge in [0, 0.05) is 24.6 Å². The smallest absolute Gasteiger partial charge is 0.227 e. The largest absolute Gasteiger partial charge is 0.437 e. The van der Waals surface area contributed by atoms with E-state index in [2.05, 4.69) is 82.9 Å². The van der Waals surface area contributed by atoms with Crippen LogP contribution in [0.3, 0.4) is 0 Å². The molecule has 6 rings (SSSR count). The van der Waals surface area contributed by atoms with Crippen molar-refractivity contribution in [1.29, 1.82) is 0 Å². The molecule has 0 N–H and O–H groups in total. The van der Waals surface area contributed by atoms with Gasteiger partial charge in [-0.1, -0.05) is 59.1 Å². The van der Waals surface area contributed by atoms with Crippen LogP contribution in [-0.2, 0) is 17.9 Å². The van der Waals surface area contributed by atoms with Crippen molar-refractivity contribution in [3.05, 3.63) is 58.9 Å². The van der Waals surface area contributed by atoms with Crippen LogP contribution in [0.25, 0.3) is 33.3 Å². The Labute approximate surface area is 211 Å². The van der Waals surface area contributed by atoms with E-state index in [4.69, 9.17) is 10.8 Å². The summed E-state index contributed by atoms with van der Waals surface area (Å²) in [5, 5.41) is 2.35. The zero-order valence-electron chi connectivity index (χ0n) is 23.2. The Morgan fingerprint density at radius 1 is 1.00 bits per heavy atom. The summed E-state index contributed by atoms with van der Waals surface area (Å²) in [6.07, 6.45) is 12.0. The van der Waals surface area contributed by atoms with E-state index >= 15 is 0 Å². The fourth-order valence-electron chi connectivity index (χ4n) is 6.66. The van der Waals surface area contributed by atoms with Crippen molar-refractivity contribution in [2.45, 2.75) is 96.3 Å². The number of aromatic nitrogens is 2. The fourth-order valence-corrected chi connectivity index (χ4v) is 6.66. The van der Waals surface area contributed by atoms with Crippen LogP contribution in [0.4, 0.5) is 0 Å². The van der Waals surface area contributed by atoms with Gasteiger partial charge in [-0.3, -0.25) is 0 Å². The van der Waals surface area contributed by atoms with Gasteiger partial charge < -0.3 is 4.42 Å². The van der Waals surface area contributed by atoms with Crippen LogP contribution in [0.15, 0.2) is 41.1 Å². The molecule has 0 amide bonds. The van der Waals surface area contributed by atoms with Gasteiger partial charge in [-0.2, -0.15) is 0 Å². The Kier molecular flexibility index (Phi) is 4.88. The lowest BCUT2D eigenvalue weighted by atomic mass is 9.63. The summed E-state index contributed by atoms with van der Waals surface area (Å²) >= 11 is 0. The number of aryl methyl sites for hydroxylation is 2. The molecular formula is C32H39N2O+. The summed E-state index contributed by atoms with van der Waals surface area (Å²) in [5.74, 6) is -0.462. The van der Waals surface area contributed by atoms with Gasteiger partial charge in [-0.15, -0.1) is 0 Å². The van der Waals surface area contributed by atoms with Gasteiger partial charge >= 0.3 is 0 Å². The van der Waals surface area contributed by atoms with E-state index in [0.29, 0.717) is 0 Å². The first kappa shape index (κ1) is 21.6. The molecule has 0 spiro atoms. The van der Waals surface area contributed by atoms with Gasteiger partial charge in [0.1, 0.15) is 7.05 Å². The number of benzene rings is 1. The molecule has 0 unspecified atom stereocenters. The standard InChI is InChI=1S/C32H39N2O/c1-20-12-14-23-27-28-24(31(2,3)16-17-32(28,4)5)18-33-30(27)35-29(23)26(20)25-15-13-22(19-34(25)6)21-10-8-7-9-11-21/h12-15,18-19,21H,7-11,16-17H2,1-6H3/q+1/i21D. The minimum Gasteiger partial charge on any atom is -0.437 e. The molecule has 3 nitrogen and oxygen atoms in total. The lowest BCUT2D eigenvalue weighted by Crippen LogP contribution is -2.34. The highest BCUT2D eigenvalue weighted by Crippen LogP contribution is 2.50. The minimum absolute atomic E-state index is 0.0721. The molecule has 1 saturated carbocycles. The zero-order valence-corrected chi connectivity index (χ0v) is 22.2. The molecule has 0 saturated heterocycles. The van der Waals surface area contributed by atoms with Crippen molar-refractivity contribution >= 4 is 22.1 Å². The molecule has 0 radical (unpaired) electrons. The molecule has 182 valence electrons. The molecule has 1 aromatic carbocycles. The molecule has 3 heterocycles. The molecule has 2 aliphatic carbocycles. The molecule has 4 aromatic rings. The van der Waals surface area contributed by atoms with E-state index < -0.39 is 5.89 Å². The zero-order chi connectivity index (χ0) is 25.5. The van der Waals surface area contributed by atoms with Crippen molar-refractivity contribution in [3.8, 4) is 11.3 Å².